The van der Waals surface area contributed by atoms with Crippen molar-refractivity contribution in [1.29, 1.82) is 0 Å². The zero-order chi connectivity index (χ0) is 29.1. The van der Waals surface area contributed by atoms with Crippen molar-refractivity contribution in [3.8, 4) is 22.8 Å². The molecule has 0 spiro atoms. The van der Waals surface area contributed by atoms with Crippen molar-refractivity contribution in [3.05, 3.63) is 89.0 Å². The maximum Gasteiger partial charge on any atom is 0.433 e. The van der Waals surface area contributed by atoms with Gasteiger partial charge in [0, 0.05) is 22.8 Å². The second-order valence-electron chi connectivity index (χ2n) is 8.86. The molecule has 212 valence electrons. The first-order valence-electron chi connectivity index (χ1n) is 12.6. The van der Waals surface area contributed by atoms with Gasteiger partial charge in [0.1, 0.15) is 0 Å². The van der Waals surface area contributed by atoms with E-state index in [0.29, 0.717) is 52.0 Å². The Bertz CT molecular complexity index is 1700. The van der Waals surface area contributed by atoms with Crippen LogP contribution in [0.3, 0.4) is 0 Å². The number of aromatic nitrogens is 5. The lowest BCUT2D eigenvalue weighted by Crippen LogP contribution is -2.15. The number of nitrogens with one attached hydrogen (secondary N) is 1. The minimum absolute atomic E-state index is 0.0661. The van der Waals surface area contributed by atoms with Gasteiger partial charge in [0.25, 0.3) is 5.91 Å². The van der Waals surface area contributed by atoms with Crippen LogP contribution < -0.4 is 14.8 Å². The summed E-state index contributed by atoms with van der Waals surface area (Å²) in [5, 5.41) is 11.2. The van der Waals surface area contributed by atoms with Crippen LogP contribution in [0.4, 0.5) is 18.9 Å². The maximum absolute atomic E-state index is 13.9. The predicted octanol–water partition coefficient (Wildman–Crippen LogP) is 6.36. The summed E-state index contributed by atoms with van der Waals surface area (Å²) in [4.78, 5) is 17.2. The Morgan fingerprint density at radius 1 is 1.00 bits per heavy atom. The van der Waals surface area contributed by atoms with Crippen molar-refractivity contribution >= 4 is 28.8 Å². The summed E-state index contributed by atoms with van der Waals surface area (Å²) < 4.78 is 55.2. The van der Waals surface area contributed by atoms with E-state index in [0.717, 1.165) is 11.6 Å². The molecule has 0 aliphatic carbocycles. The van der Waals surface area contributed by atoms with Crippen molar-refractivity contribution in [1.82, 2.24) is 24.4 Å². The Labute approximate surface area is 237 Å². The first-order valence-corrected chi connectivity index (χ1v) is 13.0. The summed E-state index contributed by atoms with van der Waals surface area (Å²) in [6.45, 7) is 5.13. The molecule has 3 heterocycles. The van der Waals surface area contributed by atoms with E-state index in [2.05, 4.69) is 20.5 Å². The van der Waals surface area contributed by atoms with E-state index >= 15 is 0 Å². The van der Waals surface area contributed by atoms with Gasteiger partial charge in [-0.15, -0.1) is 0 Å². The van der Waals surface area contributed by atoms with Gasteiger partial charge in [0.05, 0.1) is 37.3 Å². The molecule has 3 aromatic heterocycles. The zero-order valence-electron chi connectivity index (χ0n) is 21.9. The molecule has 13 heteroatoms. The van der Waals surface area contributed by atoms with Crippen LogP contribution in [0.5, 0.6) is 11.5 Å². The van der Waals surface area contributed by atoms with Gasteiger partial charge in [-0.05, 0) is 49.7 Å². The minimum Gasteiger partial charge on any atom is -0.490 e. The second kappa shape index (κ2) is 11.5. The number of alkyl halides is 3. The molecule has 0 atom stereocenters. The third-order valence-electron chi connectivity index (χ3n) is 5.93. The van der Waals surface area contributed by atoms with E-state index in [1.54, 1.807) is 35.1 Å². The van der Waals surface area contributed by atoms with Gasteiger partial charge < -0.3 is 14.8 Å². The Kier molecular flexibility index (Phi) is 7.84. The Morgan fingerprint density at radius 3 is 2.44 bits per heavy atom. The summed E-state index contributed by atoms with van der Waals surface area (Å²) in [6, 6.07) is 13.9. The number of carbonyl (C=O) groups is 1. The highest BCUT2D eigenvalue weighted by molar-refractivity contribution is 6.30. The first kappa shape index (κ1) is 28.0. The van der Waals surface area contributed by atoms with Crippen LogP contribution >= 0.6 is 11.6 Å². The number of halogens is 4. The fourth-order valence-corrected chi connectivity index (χ4v) is 4.27. The summed E-state index contributed by atoms with van der Waals surface area (Å²) in [6.07, 6.45) is -1.71. The molecule has 2 aromatic carbocycles. The molecule has 0 radical (unpaired) electrons. The highest BCUT2D eigenvalue weighted by atomic mass is 35.5. The summed E-state index contributed by atoms with van der Waals surface area (Å²) in [5.74, 6) is 0.545. The third kappa shape index (κ3) is 6.27. The Balaban J connectivity index is 1.36. The fraction of sp³-hybridized carbons (Fsp3) is 0.214. The van der Waals surface area contributed by atoms with E-state index in [1.165, 1.54) is 12.3 Å². The lowest BCUT2D eigenvalue weighted by molar-refractivity contribution is -0.142. The SMILES string of the molecule is CCOc1ccc(Cn2cc(NC(=O)c3cc4nc(-c5ccc(Cl)cc5)cc(C(F)(F)F)n4n3)cn2)cc1OCC. The van der Waals surface area contributed by atoms with Crippen molar-refractivity contribution in [2.75, 3.05) is 18.5 Å². The van der Waals surface area contributed by atoms with Gasteiger partial charge in [-0.2, -0.15) is 23.4 Å². The number of carbonyl (C=O) groups excluding carboxylic acids is 1. The number of amides is 1. The van der Waals surface area contributed by atoms with E-state index in [4.69, 9.17) is 21.1 Å². The highest BCUT2D eigenvalue weighted by Gasteiger charge is 2.35. The molecule has 0 aliphatic heterocycles. The van der Waals surface area contributed by atoms with E-state index in [9.17, 15) is 18.0 Å². The molecule has 5 rings (SSSR count). The number of ether oxygens (including phenoxy) is 2. The van der Waals surface area contributed by atoms with Crippen LogP contribution in [0.1, 0.15) is 35.6 Å². The summed E-state index contributed by atoms with van der Waals surface area (Å²) >= 11 is 5.90. The lowest BCUT2D eigenvalue weighted by Gasteiger charge is -2.12. The Morgan fingerprint density at radius 2 is 1.73 bits per heavy atom. The summed E-state index contributed by atoms with van der Waals surface area (Å²) in [5.41, 5.74) is 0.290. The minimum atomic E-state index is -4.74. The van der Waals surface area contributed by atoms with Crippen LogP contribution in [0.15, 0.2) is 67.0 Å². The van der Waals surface area contributed by atoms with Crippen molar-refractivity contribution < 1.29 is 27.4 Å². The van der Waals surface area contributed by atoms with Crippen molar-refractivity contribution in [3.63, 3.8) is 0 Å². The molecule has 41 heavy (non-hydrogen) atoms. The topological polar surface area (TPSA) is 95.6 Å². The molecule has 0 fully saturated rings. The molecular formula is C28H24ClF3N6O3. The molecular weight excluding hydrogens is 561 g/mol. The Hall–Kier alpha value is -4.58. The van der Waals surface area contributed by atoms with E-state index in [-0.39, 0.29) is 17.0 Å². The van der Waals surface area contributed by atoms with Crippen LogP contribution in [0.2, 0.25) is 5.02 Å². The van der Waals surface area contributed by atoms with Gasteiger partial charge >= 0.3 is 6.18 Å². The van der Waals surface area contributed by atoms with E-state index < -0.39 is 17.8 Å². The highest BCUT2D eigenvalue weighted by Crippen LogP contribution is 2.33. The number of benzene rings is 2. The van der Waals surface area contributed by atoms with Crippen LogP contribution in [-0.2, 0) is 12.7 Å². The quantitative estimate of drug-likeness (QED) is 0.216. The molecule has 1 amide bonds. The smallest absolute Gasteiger partial charge is 0.433 e. The predicted molar refractivity (Wildman–Crippen MR) is 146 cm³/mol. The van der Waals surface area contributed by atoms with Crippen molar-refractivity contribution in [2.45, 2.75) is 26.6 Å². The molecule has 1 N–H and O–H groups in total. The molecule has 0 bridgehead atoms. The number of rotatable bonds is 9. The number of fused-ring (bicyclic) bond motifs is 1. The van der Waals surface area contributed by atoms with Crippen LogP contribution in [-0.4, -0.2) is 43.5 Å². The third-order valence-corrected chi connectivity index (χ3v) is 6.19. The molecule has 0 saturated carbocycles. The normalized spacial score (nSPS) is 11.6. The molecule has 0 aliphatic rings. The molecule has 5 aromatic rings. The largest absolute Gasteiger partial charge is 0.490 e. The van der Waals surface area contributed by atoms with Gasteiger partial charge in [0.2, 0.25) is 0 Å². The fourth-order valence-electron chi connectivity index (χ4n) is 4.15. The van der Waals surface area contributed by atoms with E-state index in [1.807, 2.05) is 32.0 Å². The second-order valence-corrected chi connectivity index (χ2v) is 9.30. The summed E-state index contributed by atoms with van der Waals surface area (Å²) in [7, 11) is 0. The monoisotopic (exact) mass is 584 g/mol. The van der Waals surface area contributed by atoms with Crippen LogP contribution in [0, 0.1) is 0 Å². The average Bonchev–Trinajstić information content (AvgIpc) is 3.56. The number of nitrogens with zero attached hydrogens (tertiary/aromatic N) is 5. The average molecular weight is 585 g/mol. The lowest BCUT2D eigenvalue weighted by atomic mass is 10.1. The zero-order valence-corrected chi connectivity index (χ0v) is 22.7. The molecule has 0 unspecified atom stereocenters. The first-order chi connectivity index (χ1) is 19.6. The number of anilines is 1. The standard InChI is InChI=1S/C28H24ClF3N6O3/c1-3-40-23-10-5-17(11-24(23)41-4-2)15-37-16-20(14-33-37)34-27(39)22-13-26-35-21(18-6-8-19(29)9-7-18)12-25(28(30,31)32)38(26)36-22/h5-14,16H,3-4,15H2,1-2H3,(H,34,39). The maximum atomic E-state index is 13.9. The van der Waals surface area contributed by atoms with Gasteiger partial charge in [-0.25, -0.2) is 9.50 Å². The van der Waals surface area contributed by atoms with Gasteiger partial charge in [-0.3, -0.25) is 9.48 Å². The van der Waals surface area contributed by atoms with Gasteiger partial charge in [-0.1, -0.05) is 29.8 Å². The van der Waals surface area contributed by atoms with Gasteiger partial charge in [0.15, 0.2) is 28.5 Å². The van der Waals surface area contributed by atoms with Crippen LogP contribution in [0.25, 0.3) is 16.9 Å². The number of hydrogen-bond acceptors (Lipinski definition) is 6. The molecule has 0 saturated heterocycles. The van der Waals surface area contributed by atoms with Crippen molar-refractivity contribution in [2.24, 2.45) is 0 Å². The molecule has 9 nitrogen and oxygen atoms in total. The number of hydrogen-bond donors (Lipinski definition) is 1.